The number of aryl methyl sites for hydroxylation is 2. The maximum Gasteiger partial charge on any atom is 0.264 e. The number of methoxy groups -OCH3 is 1. The van der Waals surface area contributed by atoms with Crippen molar-refractivity contribution in [2.75, 3.05) is 18.0 Å². The fraction of sp³-hybridized carbons (Fsp3) is 0.355. The average Bonchev–Trinajstić information content (AvgIpc) is 2.92. The first kappa shape index (κ1) is 30.7. The van der Waals surface area contributed by atoms with Gasteiger partial charge in [0, 0.05) is 12.6 Å². The summed E-state index contributed by atoms with van der Waals surface area (Å²) in [6.07, 6.45) is 0.357. The van der Waals surface area contributed by atoms with Crippen LogP contribution in [0.25, 0.3) is 0 Å². The molecule has 0 fully saturated rings. The third kappa shape index (κ3) is 7.63. The van der Waals surface area contributed by atoms with Gasteiger partial charge in [-0.25, -0.2) is 8.42 Å². The minimum atomic E-state index is -4.10. The molecular formula is C31H39N3O5S. The number of hydrogen-bond acceptors (Lipinski definition) is 5. The molecule has 0 aliphatic heterocycles. The monoisotopic (exact) mass is 565 g/mol. The molecule has 0 spiro atoms. The number of rotatable bonds is 12. The molecule has 0 saturated heterocycles. The summed E-state index contributed by atoms with van der Waals surface area (Å²) in [6.45, 7) is 8.98. The summed E-state index contributed by atoms with van der Waals surface area (Å²) < 4.78 is 34.2. The zero-order valence-corrected chi connectivity index (χ0v) is 24.9. The van der Waals surface area contributed by atoms with Crippen molar-refractivity contribution in [2.24, 2.45) is 0 Å². The number of carbonyl (C=O) groups excluding carboxylic acids is 2. The lowest BCUT2D eigenvalue weighted by Crippen LogP contribution is -2.53. The van der Waals surface area contributed by atoms with Crippen LogP contribution in [-0.4, -0.2) is 50.9 Å². The van der Waals surface area contributed by atoms with Crippen molar-refractivity contribution in [3.8, 4) is 5.75 Å². The van der Waals surface area contributed by atoms with Crippen molar-refractivity contribution in [2.45, 2.75) is 64.6 Å². The average molecular weight is 566 g/mol. The quantitative estimate of drug-likeness (QED) is 0.339. The molecule has 3 aromatic rings. The number of nitrogens with one attached hydrogen (secondary N) is 1. The van der Waals surface area contributed by atoms with Crippen molar-refractivity contribution in [3.05, 3.63) is 89.5 Å². The first-order chi connectivity index (χ1) is 19.0. The number of amides is 2. The third-order valence-corrected chi connectivity index (χ3v) is 8.33. The molecule has 1 N–H and O–H groups in total. The lowest BCUT2D eigenvalue weighted by Gasteiger charge is -2.33. The highest BCUT2D eigenvalue weighted by atomic mass is 32.2. The van der Waals surface area contributed by atoms with Crippen molar-refractivity contribution in [1.29, 1.82) is 0 Å². The molecule has 0 heterocycles. The van der Waals surface area contributed by atoms with E-state index in [9.17, 15) is 18.0 Å². The molecule has 0 aliphatic carbocycles. The van der Waals surface area contributed by atoms with E-state index in [1.165, 1.54) is 17.0 Å². The van der Waals surface area contributed by atoms with E-state index in [2.05, 4.69) is 5.32 Å². The highest BCUT2D eigenvalue weighted by Crippen LogP contribution is 2.26. The lowest BCUT2D eigenvalue weighted by atomic mass is 10.1. The third-order valence-electron chi connectivity index (χ3n) is 6.54. The second-order valence-electron chi connectivity index (χ2n) is 10.1. The molecule has 3 rings (SSSR count). The van der Waals surface area contributed by atoms with E-state index in [1.54, 1.807) is 55.6 Å². The van der Waals surface area contributed by atoms with Crippen LogP contribution < -0.4 is 14.4 Å². The van der Waals surface area contributed by atoms with E-state index in [4.69, 9.17) is 4.74 Å². The molecule has 9 heteroatoms. The fourth-order valence-electron chi connectivity index (χ4n) is 4.31. The van der Waals surface area contributed by atoms with Crippen LogP contribution in [0, 0.1) is 13.8 Å². The SMILES string of the molecule is CCC(C(=O)NC(C)C)N(Cc1ccc(OC)cc1)C(=O)CN(c1ccc(C)cc1)S(=O)(=O)c1ccc(C)cc1. The predicted octanol–water partition coefficient (Wildman–Crippen LogP) is 4.84. The molecular weight excluding hydrogens is 526 g/mol. The molecule has 2 amide bonds. The number of sulfonamides is 1. The van der Waals surface area contributed by atoms with Crippen molar-refractivity contribution >= 4 is 27.5 Å². The Kier molecular flexibility index (Phi) is 10.3. The molecule has 40 heavy (non-hydrogen) atoms. The second-order valence-corrected chi connectivity index (χ2v) is 12.0. The van der Waals surface area contributed by atoms with Gasteiger partial charge in [0.05, 0.1) is 17.7 Å². The van der Waals surface area contributed by atoms with E-state index in [0.29, 0.717) is 17.9 Å². The Hall–Kier alpha value is -3.85. The molecule has 1 atom stereocenters. The first-order valence-electron chi connectivity index (χ1n) is 13.3. The Balaban J connectivity index is 2.05. The van der Waals surface area contributed by atoms with Crippen LogP contribution in [0.3, 0.4) is 0 Å². The number of hydrogen-bond donors (Lipinski definition) is 1. The van der Waals surface area contributed by atoms with Gasteiger partial charge in [0.25, 0.3) is 10.0 Å². The standard InChI is InChI=1S/C31H39N3O5S/c1-7-29(31(36)32-22(2)3)33(20-25-12-16-27(39-6)17-13-25)30(35)21-34(26-14-8-23(4)9-15-26)40(37,38)28-18-10-24(5)11-19-28/h8-19,22,29H,7,20-21H2,1-6H3,(H,32,36). The van der Waals surface area contributed by atoms with Gasteiger partial charge in [-0.3, -0.25) is 13.9 Å². The summed E-state index contributed by atoms with van der Waals surface area (Å²) in [7, 11) is -2.53. The van der Waals surface area contributed by atoms with Gasteiger partial charge in [0.2, 0.25) is 11.8 Å². The van der Waals surface area contributed by atoms with E-state index in [0.717, 1.165) is 21.0 Å². The number of anilines is 1. The summed E-state index contributed by atoms with van der Waals surface area (Å²) in [5.74, 6) is -0.110. The minimum Gasteiger partial charge on any atom is -0.497 e. The Bertz CT molecular complexity index is 1390. The number of ether oxygens (including phenoxy) is 1. The lowest BCUT2D eigenvalue weighted by molar-refractivity contribution is -0.140. The van der Waals surface area contributed by atoms with Crippen LogP contribution in [0.4, 0.5) is 5.69 Å². The van der Waals surface area contributed by atoms with Crippen molar-refractivity contribution in [3.63, 3.8) is 0 Å². The van der Waals surface area contributed by atoms with Gasteiger partial charge in [-0.15, -0.1) is 0 Å². The number of nitrogens with zero attached hydrogens (tertiary/aromatic N) is 2. The molecule has 0 aromatic heterocycles. The van der Waals surface area contributed by atoms with Crippen LogP contribution in [0.5, 0.6) is 5.75 Å². The van der Waals surface area contributed by atoms with Gasteiger partial charge >= 0.3 is 0 Å². The summed E-state index contributed by atoms with van der Waals surface area (Å²) >= 11 is 0. The Morgan fingerprint density at radius 2 is 1.43 bits per heavy atom. The molecule has 0 radical (unpaired) electrons. The van der Waals surface area contributed by atoms with Crippen LogP contribution in [0.2, 0.25) is 0 Å². The smallest absolute Gasteiger partial charge is 0.264 e. The zero-order valence-electron chi connectivity index (χ0n) is 24.0. The number of carbonyl (C=O) groups is 2. The van der Waals surface area contributed by atoms with E-state index < -0.39 is 28.5 Å². The molecule has 0 bridgehead atoms. The maximum atomic E-state index is 14.1. The van der Waals surface area contributed by atoms with Crippen molar-refractivity contribution in [1.82, 2.24) is 10.2 Å². The zero-order chi connectivity index (χ0) is 29.4. The van der Waals surface area contributed by atoms with Crippen molar-refractivity contribution < 1.29 is 22.7 Å². The molecule has 8 nitrogen and oxygen atoms in total. The Morgan fingerprint density at radius 3 is 1.93 bits per heavy atom. The highest BCUT2D eigenvalue weighted by Gasteiger charge is 2.33. The van der Waals surface area contributed by atoms with Gasteiger partial charge in [-0.05, 0) is 76.1 Å². The fourth-order valence-corrected chi connectivity index (χ4v) is 5.72. The van der Waals surface area contributed by atoms with Crippen LogP contribution >= 0.6 is 0 Å². The molecule has 3 aromatic carbocycles. The maximum absolute atomic E-state index is 14.1. The van der Waals surface area contributed by atoms with Gasteiger partial charge in [0.1, 0.15) is 18.3 Å². The van der Waals surface area contributed by atoms with Gasteiger partial charge in [0.15, 0.2) is 0 Å². The van der Waals surface area contributed by atoms with Crippen LogP contribution in [-0.2, 0) is 26.2 Å². The molecule has 1 unspecified atom stereocenters. The molecule has 0 aliphatic rings. The second kappa shape index (κ2) is 13.5. The van der Waals surface area contributed by atoms with Gasteiger partial charge < -0.3 is 15.0 Å². The summed E-state index contributed by atoms with van der Waals surface area (Å²) in [5, 5.41) is 2.90. The molecule has 0 saturated carbocycles. The largest absolute Gasteiger partial charge is 0.497 e. The van der Waals surface area contributed by atoms with Crippen LogP contribution in [0.15, 0.2) is 77.7 Å². The Labute approximate surface area is 238 Å². The van der Waals surface area contributed by atoms with Crippen LogP contribution in [0.1, 0.15) is 43.9 Å². The normalized spacial score (nSPS) is 12.1. The topological polar surface area (TPSA) is 96.0 Å². The minimum absolute atomic E-state index is 0.0813. The van der Waals surface area contributed by atoms with Gasteiger partial charge in [-0.2, -0.15) is 0 Å². The predicted molar refractivity (Wildman–Crippen MR) is 158 cm³/mol. The van der Waals surface area contributed by atoms with E-state index in [1.807, 2.05) is 46.8 Å². The van der Waals surface area contributed by atoms with Gasteiger partial charge in [-0.1, -0.05) is 54.4 Å². The first-order valence-corrected chi connectivity index (χ1v) is 14.8. The van der Waals surface area contributed by atoms with E-state index >= 15 is 0 Å². The highest BCUT2D eigenvalue weighted by molar-refractivity contribution is 7.92. The summed E-state index contributed by atoms with van der Waals surface area (Å²) in [5.41, 5.74) is 3.03. The summed E-state index contributed by atoms with van der Waals surface area (Å²) in [6, 6.07) is 19.8. The number of benzene rings is 3. The summed E-state index contributed by atoms with van der Waals surface area (Å²) in [4.78, 5) is 28.8. The van der Waals surface area contributed by atoms with E-state index in [-0.39, 0.29) is 23.4 Å². The molecule has 214 valence electrons. The Morgan fingerprint density at radius 1 is 0.875 bits per heavy atom.